The van der Waals surface area contributed by atoms with Crippen LogP contribution in [-0.4, -0.2) is 56.4 Å². The Balaban J connectivity index is 1.43. The van der Waals surface area contributed by atoms with E-state index in [0.717, 1.165) is 0 Å². The highest BCUT2D eigenvalue weighted by Gasteiger charge is 2.41. The van der Waals surface area contributed by atoms with E-state index in [4.69, 9.17) is 21.1 Å². The minimum absolute atomic E-state index is 0.158. The van der Waals surface area contributed by atoms with Crippen LogP contribution in [0.15, 0.2) is 60.2 Å². The Bertz CT molecular complexity index is 1440. The quantitative estimate of drug-likeness (QED) is 0.344. The van der Waals surface area contributed by atoms with Crippen molar-refractivity contribution in [3.63, 3.8) is 0 Å². The number of esters is 2. The molecule has 0 saturated carbocycles. The predicted molar refractivity (Wildman–Crippen MR) is 132 cm³/mol. The maximum atomic E-state index is 13.6. The van der Waals surface area contributed by atoms with Crippen LogP contribution in [0.25, 0.3) is 5.65 Å². The Labute approximate surface area is 215 Å². The van der Waals surface area contributed by atoms with E-state index in [1.165, 1.54) is 11.3 Å². The lowest BCUT2D eigenvalue weighted by atomic mass is 10.2. The molecule has 3 aromatic heterocycles. The van der Waals surface area contributed by atoms with Gasteiger partial charge < -0.3 is 18.8 Å². The molecule has 1 amide bonds. The summed E-state index contributed by atoms with van der Waals surface area (Å²) in [6.45, 7) is 2.11. The molecule has 4 heterocycles. The van der Waals surface area contributed by atoms with Crippen LogP contribution < -0.4 is 0 Å². The zero-order chi connectivity index (χ0) is 25.2. The minimum Gasteiger partial charge on any atom is -0.461 e. The van der Waals surface area contributed by atoms with Gasteiger partial charge in [-0.1, -0.05) is 29.8 Å². The van der Waals surface area contributed by atoms with Crippen LogP contribution in [0.4, 0.5) is 0 Å². The number of thiazole rings is 1. The van der Waals surface area contributed by atoms with E-state index in [2.05, 4.69) is 9.97 Å². The Hall–Kier alpha value is -3.76. The Morgan fingerprint density at radius 3 is 2.64 bits per heavy atom. The molecule has 0 N–H and O–H groups in total. The molecule has 0 bridgehead atoms. The summed E-state index contributed by atoms with van der Waals surface area (Å²) in [4.78, 5) is 48.9. The molecule has 1 aliphatic heterocycles. The maximum Gasteiger partial charge on any atom is 0.357 e. The number of halogens is 1. The van der Waals surface area contributed by atoms with E-state index in [-0.39, 0.29) is 30.4 Å². The molecule has 2 atom stereocenters. The number of amides is 1. The molecule has 1 saturated heterocycles. The van der Waals surface area contributed by atoms with E-state index in [9.17, 15) is 14.4 Å². The monoisotopic (exact) mass is 524 g/mol. The largest absolute Gasteiger partial charge is 0.461 e. The van der Waals surface area contributed by atoms with Crippen molar-refractivity contribution in [2.24, 2.45) is 0 Å². The van der Waals surface area contributed by atoms with E-state index in [1.807, 2.05) is 6.07 Å². The molecular formula is C25H21ClN4O5S. The molecule has 0 aliphatic carbocycles. The van der Waals surface area contributed by atoms with Crippen LogP contribution >= 0.6 is 22.9 Å². The van der Waals surface area contributed by atoms with Crippen molar-refractivity contribution in [1.82, 2.24) is 19.3 Å². The number of pyridine rings is 1. The smallest absolute Gasteiger partial charge is 0.357 e. The molecule has 0 unspecified atom stereocenters. The van der Waals surface area contributed by atoms with Gasteiger partial charge in [0.1, 0.15) is 22.5 Å². The van der Waals surface area contributed by atoms with Crippen molar-refractivity contribution in [3.05, 3.63) is 87.2 Å². The number of fused-ring (bicyclic) bond motifs is 1. The lowest BCUT2D eigenvalue weighted by molar-refractivity contribution is 0.0314. The number of ether oxygens (including phenoxy) is 2. The summed E-state index contributed by atoms with van der Waals surface area (Å²) in [5, 5.41) is 2.67. The number of imidazole rings is 1. The van der Waals surface area contributed by atoms with Crippen molar-refractivity contribution >= 4 is 46.4 Å². The fourth-order valence-corrected chi connectivity index (χ4v) is 5.17. The van der Waals surface area contributed by atoms with Gasteiger partial charge in [-0.15, -0.1) is 11.3 Å². The third kappa shape index (κ3) is 4.82. The van der Waals surface area contributed by atoms with Crippen molar-refractivity contribution in [2.75, 3.05) is 13.2 Å². The second-order valence-corrected chi connectivity index (χ2v) is 9.46. The van der Waals surface area contributed by atoms with Crippen LogP contribution in [-0.2, 0) is 9.47 Å². The maximum absolute atomic E-state index is 13.6. The van der Waals surface area contributed by atoms with E-state index in [0.29, 0.717) is 27.7 Å². The van der Waals surface area contributed by atoms with Gasteiger partial charge in [-0.05, 0) is 31.2 Å². The summed E-state index contributed by atoms with van der Waals surface area (Å²) in [6.07, 6.45) is 3.04. The van der Waals surface area contributed by atoms with Crippen LogP contribution in [0, 0.1) is 0 Å². The average molecular weight is 525 g/mol. The number of hydrogen-bond donors (Lipinski definition) is 0. The van der Waals surface area contributed by atoms with Crippen LogP contribution in [0.5, 0.6) is 0 Å². The molecule has 11 heteroatoms. The number of hydrogen-bond acceptors (Lipinski definition) is 8. The van der Waals surface area contributed by atoms with Crippen LogP contribution in [0.3, 0.4) is 0 Å². The lowest BCUT2D eigenvalue weighted by Gasteiger charge is -2.21. The highest BCUT2D eigenvalue weighted by Crippen LogP contribution is 2.36. The zero-order valence-corrected chi connectivity index (χ0v) is 20.7. The summed E-state index contributed by atoms with van der Waals surface area (Å²) < 4.78 is 12.5. The molecule has 4 aromatic rings. The van der Waals surface area contributed by atoms with E-state index in [1.54, 1.807) is 70.4 Å². The summed E-state index contributed by atoms with van der Waals surface area (Å²) in [5.74, 6) is -1.34. The van der Waals surface area contributed by atoms with E-state index < -0.39 is 24.1 Å². The second kappa shape index (κ2) is 10.1. The number of aromatic nitrogens is 3. The molecule has 9 nitrogen and oxygen atoms in total. The van der Waals surface area contributed by atoms with Gasteiger partial charge in [0, 0.05) is 24.2 Å². The molecular weight excluding hydrogens is 504 g/mol. The predicted octanol–water partition coefficient (Wildman–Crippen LogP) is 4.43. The number of benzene rings is 1. The van der Waals surface area contributed by atoms with Gasteiger partial charge in [0.05, 0.1) is 29.8 Å². The number of likely N-dealkylation sites (tertiary alicyclic amines) is 1. The molecule has 0 spiro atoms. The number of carbonyl (C=O) groups is 3. The normalized spacial score (nSPS) is 17.3. The van der Waals surface area contributed by atoms with E-state index >= 15 is 0 Å². The molecule has 5 rings (SSSR count). The Kier molecular flexibility index (Phi) is 6.71. The second-order valence-electron chi connectivity index (χ2n) is 8.13. The average Bonchev–Trinajstić information content (AvgIpc) is 3.62. The van der Waals surface area contributed by atoms with Gasteiger partial charge in [0.25, 0.3) is 5.91 Å². The van der Waals surface area contributed by atoms with Gasteiger partial charge >= 0.3 is 11.9 Å². The topological polar surface area (TPSA) is 103 Å². The summed E-state index contributed by atoms with van der Waals surface area (Å²) in [7, 11) is 0. The fourth-order valence-electron chi connectivity index (χ4n) is 4.09. The first-order valence-corrected chi connectivity index (χ1v) is 12.5. The van der Waals surface area contributed by atoms with Crippen molar-refractivity contribution in [2.45, 2.75) is 25.5 Å². The fraction of sp³-hybridized carbons (Fsp3) is 0.240. The highest BCUT2D eigenvalue weighted by molar-refractivity contribution is 7.09. The third-order valence-electron chi connectivity index (χ3n) is 5.73. The molecule has 1 aromatic carbocycles. The van der Waals surface area contributed by atoms with Gasteiger partial charge in [-0.3, -0.25) is 4.79 Å². The van der Waals surface area contributed by atoms with Gasteiger partial charge in [-0.25, -0.2) is 19.6 Å². The number of rotatable bonds is 6. The first-order valence-electron chi connectivity index (χ1n) is 11.3. The zero-order valence-electron chi connectivity index (χ0n) is 19.2. The molecule has 0 radical (unpaired) electrons. The lowest BCUT2D eigenvalue weighted by Crippen LogP contribution is -2.32. The molecule has 36 heavy (non-hydrogen) atoms. The molecule has 1 aliphatic rings. The molecule has 184 valence electrons. The Morgan fingerprint density at radius 2 is 1.86 bits per heavy atom. The van der Waals surface area contributed by atoms with Crippen molar-refractivity contribution < 1.29 is 23.9 Å². The standard InChI is InChI=1S/C25H21ClN4O5S/c1-2-34-25(33)19-14-36-22(28-19)20-10-17(35-24(32)15-6-4-3-5-7-15)12-30(20)23(31)18-13-29-11-16(26)8-9-21(29)27-18/h3-9,11,13-14,17,20H,2,10,12H2,1H3/t17-,20-/m0/s1. The highest BCUT2D eigenvalue weighted by atomic mass is 35.5. The van der Waals surface area contributed by atoms with Gasteiger partial charge in [0.2, 0.25) is 0 Å². The Morgan fingerprint density at radius 1 is 1.06 bits per heavy atom. The summed E-state index contributed by atoms with van der Waals surface area (Å²) in [5.41, 5.74) is 1.40. The SMILES string of the molecule is CCOC(=O)c1csc([C@@H]2C[C@H](OC(=O)c3ccccc3)CN2C(=O)c2cn3cc(Cl)ccc3n2)n1. The van der Waals surface area contributed by atoms with Crippen LogP contribution in [0.2, 0.25) is 5.02 Å². The summed E-state index contributed by atoms with van der Waals surface area (Å²) >= 11 is 7.32. The minimum atomic E-state index is -0.562. The van der Waals surface area contributed by atoms with Crippen molar-refractivity contribution in [1.29, 1.82) is 0 Å². The first-order chi connectivity index (χ1) is 17.4. The van der Waals surface area contributed by atoms with Gasteiger partial charge in [0.15, 0.2) is 5.69 Å². The number of nitrogens with zero attached hydrogens (tertiary/aromatic N) is 4. The van der Waals surface area contributed by atoms with Gasteiger partial charge in [-0.2, -0.15) is 0 Å². The number of carbonyl (C=O) groups excluding carboxylic acids is 3. The summed E-state index contributed by atoms with van der Waals surface area (Å²) in [6, 6.07) is 11.6. The van der Waals surface area contributed by atoms with Crippen molar-refractivity contribution in [3.8, 4) is 0 Å². The first kappa shape index (κ1) is 24.0. The molecule has 1 fully saturated rings. The third-order valence-corrected chi connectivity index (χ3v) is 6.90. The van der Waals surface area contributed by atoms with Crippen LogP contribution in [0.1, 0.15) is 55.7 Å².